The highest BCUT2D eigenvalue weighted by Crippen LogP contribution is 2.39. The second-order valence-corrected chi connectivity index (χ2v) is 10.4. The molecule has 2 unspecified atom stereocenters. The molecule has 0 radical (unpaired) electrons. The molecule has 1 spiro atoms. The molecule has 3 aromatic rings. The Bertz CT molecular complexity index is 1380. The van der Waals surface area contributed by atoms with Crippen LogP contribution in [0.5, 0.6) is 5.75 Å². The van der Waals surface area contributed by atoms with Crippen molar-refractivity contribution in [2.75, 3.05) is 26.8 Å². The highest BCUT2D eigenvalue weighted by molar-refractivity contribution is 5.99. The van der Waals surface area contributed by atoms with Crippen molar-refractivity contribution in [1.29, 1.82) is 0 Å². The number of piperidine rings is 1. The lowest BCUT2D eigenvalue weighted by molar-refractivity contribution is -0.128. The van der Waals surface area contributed by atoms with Crippen LogP contribution in [-0.2, 0) is 9.53 Å². The SMILES string of the molecule is COc1cccc(C(=O)N2CCC3(CC2)OCC(C(=O)NC(C)c2ccccc2)N3C(=O)c2ccccc2C)c1. The normalized spacial score (nSPS) is 18.8. The molecule has 1 N–H and O–H groups in total. The molecule has 40 heavy (non-hydrogen) atoms. The molecule has 2 saturated heterocycles. The lowest BCUT2D eigenvalue weighted by atomic mass is 9.95. The maximum atomic E-state index is 14.1. The molecule has 0 bridgehead atoms. The third kappa shape index (κ3) is 5.31. The van der Waals surface area contributed by atoms with E-state index in [9.17, 15) is 14.4 Å². The van der Waals surface area contributed by atoms with Crippen molar-refractivity contribution in [3.8, 4) is 5.75 Å². The summed E-state index contributed by atoms with van der Waals surface area (Å²) < 4.78 is 11.6. The van der Waals surface area contributed by atoms with Gasteiger partial charge in [-0.15, -0.1) is 0 Å². The molecule has 3 amide bonds. The van der Waals surface area contributed by atoms with Gasteiger partial charge in [-0.1, -0.05) is 54.6 Å². The molecule has 2 aliphatic rings. The smallest absolute Gasteiger partial charge is 0.257 e. The van der Waals surface area contributed by atoms with Gasteiger partial charge in [0.2, 0.25) is 5.91 Å². The summed E-state index contributed by atoms with van der Waals surface area (Å²) in [6.45, 7) is 4.69. The molecule has 2 aliphatic heterocycles. The number of nitrogens with one attached hydrogen (secondary N) is 1. The first-order valence-electron chi connectivity index (χ1n) is 13.6. The average Bonchev–Trinajstić information content (AvgIpc) is 3.36. The quantitative estimate of drug-likeness (QED) is 0.501. The number of methoxy groups -OCH3 is 1. The van der Waals surface area contributed by atoms with Gasteiger partial charge in [-0.2, -0.15) is 0 Å². The van der Waals surface area contributed by atoms with Gasteiger partial charge in [-0.3, -0.25) is 19.3 Å². The number of carbonyl (C=O) groups is 3. The maximum Gasteiger partial charge on any atom is 0.257 e. The van der Waals surface area contributed by atoms with Crippen LogP contribution in [0, 0.1) is 6.92 Å². The summed E-state index contributed by atoms with van der Waals surface area (Å²) >= 11 is 0. The second kappa shape index (κ2) is 11.5. The van der Waals surface area contributed by atoms with Crippen molar-refractivity contribution >= 4 is 17.7 Å². The fraction of sp³-hybridized carbons (Fsp3) is 0.344. The van der Waals surface area contributed by atoms with E-state index in [2.05, 4.69) is 5.32 Å². The fourth-order valence-electron chi connectivity index (χ4n) is 5.64. The van der Waals surface area contributed by atoms with E-state index < -0.39 is 11.8 Å². The van der Waals surface area contributed by atoms with Gasteiger partial charge in [-0.05, 0) is 49.2 Å². The monoisotopic (exact) mass is 541 g/mol. The van der Waals surface area contributed by atoms with Crippen molar-refractivity contribution < 1.29 is 23.9 Å². The van der Waals surface area contributed by atoms with Crippen molar-refractivity contribution in [1.82, 2.24) is 15.1 Å². The predicted molar refractivity (Wildman–Crippen MR) is 151 cm³/mol. The maximum absolute atomic E-state index is 14.1. The minimum atomic E-state index is -0.984. The Morgan fingerprint density at radius 1 is 0.950 bits per heavy atom. The molecule has 5 rings (SSSR count). The molecule has 3 aromatic carbocycles. The molecule has 0 aromatic heterocycles. The summed E-state index contributed by atoms with van der Waals surface area (Å²) in [4.78, 5) is 44.4. The highest BCUT2D eigenvalue weighted by atomic mass is 16.5. The number of rotatable bonds is 6. The lowest BCUT2D eigenvalue weighted by Gasteiger charge is -2.44. The molecule has 0 saturated carbocycles. The van der Waals surface area contributed by atoms with Crippen molar-refractivity contribution in [2.45, 2.75) is 44.5 Å². The van der Waals surface area contributed by atoms with Gasteiger partial charge in [0, 0.05) is 37.1 Å². The van der Waals surface area contributed by atoms with E-state index in [1.54, 1.807) is 47.2 Å². The minimum absolute atomic E-state index is 0.0921. The van der Waals surface area contributed by atoms with Crippen LogP contribution in [0.4, 0.5) is 0 Å². The van der Waals surface area contributed by atoms with Gasteiger partial charge in [0.1, 0.15) is 17.5 Å². The number of carbonyl (C=O) groups excluding carboxylic acids is 3. The van der Waals surface area contributed by atoms with Gasteiger partial charge in [0.15, 0.2) is 0 Å². The Balaban J connectivity index is 1.38. The zero-order valence-electron chi connectivity index (χ0n) is 23.1. The Kier molecular flexibility index (Phi) is 7.89. The Morgan fingerprint density at radius 2 is 1.65 bits per heavy atom. The average molecular weight is 542 g/mol. The van der Waals surface area contributed by atoms with Crippen LogP contribution in [0.25, 0.3) is 0 Å². The summed E-state index contributed by atoms with van der Waals surface area (Å²) in [6.07, 6.45) is 0.802. The molecule has 2 heterocycles. The van der Waals surface area contributed by atoms with Crippen molar-refractivity contribution in [2.24, 2.45) is 0 Å². The first kappa shape index (κ1) is 27.4. The summed E-state index contributed by atoms with van der Waals surface area (Å²) in [5, 5.41) is 3.08. The zero-order chi connectivity index (χ0) is 28.3. The summed E-state index contributed by atoms with van der Waals surface area (Å²) in [6, 6.07) is 23.2. The number of nitrogens with zero attached hydrogens (tertiary/aromatic N) is 2. The number of amides is 3. The van der Waals surface area contributed by atoms with Crippen LogP contribution < -0.4 is 10.1 Å². The van der Waals surface area contributed by atoms with E-state index in [-0.39, 0.29) is 30.4 Å². The topological polar surface area (TPSA) is 88.2 Å². The van der Waals surface area contributed by atoms with E-state index >= 15 is 0 Å². The Hall–Kier alpha value is -4.17. The van der Waals surface area contributed by atoms with Crippen LogP contribution in [0.2, 0.25) is 0 Å². The van der Waals surface area contributed by atoms with Gasteiger partial charge in [-0.25, -0.2) is 0 Å². The van der Waals surface area contributed by atoms with E-state index in [1.165, 1.54) is 0 Å². The number of aryl methyl sites for hydroxylation is 1. The molecule has 0 aliphatic carbocycles. The van der Waals surface area contributed by atoms with E-state index in [0.717, 1.165) is 11.1 Å². The third-order valence-electron chi connectivity index (χ3n) is 7.96. The number of hydrogen-bond donors (Lipinski definition) is 1. The molecule has 2 atom stereocenters. The Labute approximate surface area is 234 Å². The third-order valence-corrected chi connectivity index (χ3v) is 7.96. The molecule has 2 fully saturated rings. The second-order valence-electron chi connectivity index (χ2n) is 10.4. The van der Waals surface area contributed by atoms with E-state index in [4.69, 9.17) is 9.47 Å². The Morgan fingerprint density at radius 3 is 2.35 bits per heavy atom. The largest absolute Gasteiger partial charge is 0.497 e. The predicted octanol–water partition coefficient (Wildman–Crippen LogP) is 4.35. The number of hydrogen-bond acceptors (Lipinski definition) is 5. The van der Waals surface area contributed by atoms with Crippen LogP contribution in [0.3, 0.4) is 0 Å². The molecular weight excluding hydrogens is 506 g/mol. The summed E-state index contributed by atoms with van der Waals surface area (Å²) in [5.74, 6) is 0.0160. The van der Waals surface area contributed by atoms with E-state index in [0.29, 0.717) is 42.8 Å². The van der Waals surface area contributed by atoms with Gasteiger partial charge in [0.25, 0.3) is 11.8 Å². The first-order chi connectivity index (χ1) is 19.3. The zero-order valence-corrected chi connectivity index (χ0v) is 23.1. The molecule has 8 heteroatoms. The van der Waals surface area contributed by atoms with Gasteiger partial charge in [0.05, 0.1) is 19.8 Å². The number of ether oxygens (including phenoxy) is 2. The van der Waals surface area contributed by atoms with Crippen molar-refractivity contribution in [3.63, 3.8) is 0 Å². The summed E-state index contributed by atoms with van der Waals surface area (Å²) in [7, 11) is 1.57. The van der Waals surface area contributed by atoms with E-state index in [1.807, 2.05) is 62.4 Å². The van der Waals surface area contributed by atoms with Crippen LogP contribution in [0.1, 0.15) is 57.7 Å². The number of likely N-dealkylation sites (tertiary alicyclic amines) is 1. The molecule has 208 valence electrons. The lowest BCUT2D eigenvalue weighted by Crippen LogP contribution is -2.60. The summed E-state index contributed by atoms with van der Waals surface area (Å²) in [5.41, 5.74) is 1.91. The van der Waals surface area contributed by atoms with Crippen LogP contribution >= 0.6 is 0 Å². The van der Waals surface area contributed by atoms with Crippen LogP contribution in [0.15, 0.2) is 78.9 Å². The van der Waals surface area contributed by atoms with Crippen molar-refractivity contribution in [3.05, 3.63) is 101 Å². The molecule has 8 nitrogen and oxygen atoms in total. The van der Waals surface area contributed by atoms with Gasteiger partial charge < -0.3 is 19.7 Å². The molecular formula is C32H35N3O5. The van der Waals surface area contributed by atoms with Crippen LogP contribution in [-0.4, -0.2) is 66.1 Å². The van der Waals surface area contributed by atoms with Gasteiger partial charge >= 0.3 is 0 Å². The number of benzene rings is 3. The first-order valence-corrected chi connectivity index (χ1v) is 13.6. The minimum Gasteiger partial charge on any atom is -0.497 e. The fourth-order valence-corrected chi connectivity index (χ4v) is 5.64. The highest BCUT2D eigenvalue weighted by Gasteiger charge is 2.54. The standard InChI is InChI=1S/C32H35N3O5/c1-22-10-7-8-15-27(22)31(38)35-28(29(36)33-23(2)24-11-5-4-6-12-24)21-40-32(35)16-18-34(19-17-32)30(37)25-13-9-14-26(20-25)39-3/h4-15,20,23,28H,16-19,21H2,1-3H3,(H,33,36).